The molecule has 1 fully saturated rings. The highest BCUT2D eigenvalue weighted by atomic mass is 19.4. The van der Waals surface area contributed by atoms with Gasteiger partial charge in [0, 0.05) is 19.5 Å². The van der Waals surface area contributed by atoms with Gasteiger partial charge in [-0.15, -0.1) is 0 Å². The predicted molar refractivity (Wildman–Crippen MR) is 97.9 cm³/mol. The molecule has 1 aliphatic heterocycles. The number of halogens is 3. The summed E-state index contributed by atoms with van der Waals surface area (Å²) in [6.07, 6.45) is -4.51. The van der Waals surface area contributed by atoms with Crippen LogP contribution in [0.25, 0.3) is 0 Å². The predicted octanol–water partition coefficient (Wildman–Crippen LogP) is 3.51. The van der Waals surface area contributed by atoms with Crippen molar-refractivity contribution in [1.29, 1.82) is 0 Å². The molecule has 28 heavy (non-hydrogen) atoms. The first-order chi connectivity index (χ1) is 13.2. The summed E-state index contributed by atoms with van der Waals surface area (Å²) in [6.45, 7) is 2.59. The smallest absolute Gasteiger partial charge is 0.338 e. The molecule has 1 heterocycles. The first kappa shape index (κ1) is 19.7. The topological polar surface area (TPSA) is 61.4 Å². The number of amides is 2. The number of rotatable bonds is 5. The molecule has 1 saturated heterocycles. The van der Waals surface area contributed by atoms with Crippen LogP contribution in [0.4, 0.5) is 18.9 Å². The van der Waals surface area contributed by atoms with Gasteiger partial charge in [0.05, 0.1) is 17.2 Å². The number of benzene rings is 2. The SMILES string of the molecule is Cc1ccc(CN2C[C@@H](C(=O)NNc3ccccc3C(F)(F)F)CC2=O)cc1. The number of nitrogens with zero attached hydrogens (tertiary/aromatic N) is 1. The number of nitrogens with one attached hydrogen (secondary N) is 2. The monoisotopic (exact) mass is 391 g/mol. The fraction of sp³-hybridized carbons (Fsp3) is 0.300. The Morgan fingerprint density at radius 1 is 1.14 bits per heavy atom. The summed E-state index contributed by atoms with van der Waals surface area (Å²) in [5.41, 5.74) is 5.57. The third-order valence-corrected chi connectivity index (χ3v) is 4.63. The standard InChI is InChI=1S/C20H20F3N3O2/c1-13-6-8-14(9-7-13)11-26-12-15(10-18(26)27)19(28)25-24-17-5-3-2-4-16(17)20(21,22)23/h2-9,15,24H,10-12H2,1H3,(H,25,28)/t15-/m0/s1. The molecular formula is C20H20F3N3O2. The van der Waals surface area contributed by atoms with E-state index in [1.54, 1.807) is 4.90 Å². The summed E-state index contributed by atoms with van der Waals surface area (Å²) in [7, 11) is 0. The van der Waals surface area contributed by atoms with E-state index in [0.717, 1.165) is 17.2 Å². The van der Waals surface area contributed by atoms with Crippen LogP contribution in [0.5, 0.6) is 0 Å². The number of carbonyl (C=O) groups excluding carboxylic acids is 2. The quantitative estimate of drug-likeness (QED) is 0.767. The van der Waals surface area contributed by atoms with Crippen molar-refractivity contribution in [3.63, 3.8) is 0 Å². The van der Waals surface area contributed by atoms with Gasteiger partial charge in [0.25, 0.3) is 0 Å². The second-order valence-corrected chi connectivity index (χ2v) is 6.82. The van der Waals surface area contributed by atoms with Crippen molar-refractivity contribution in [2.45, 2.75) is 26.1 Å². The van der Waals surface area contributed by atoms with Crippen LogP contribution in [0.15, 0.2) is 48.5 Å². The highest BCUT2D eigenvalue weighted by Crippen LogP contribution is 2.34. The summed E-state index contributed by atoms with van der Waals surface area (Å²) >= 11 is 0. The minimum absolute atomic E-state index is 0.0281. The first-order valence-electron chi connectivity index (χ1n) is 8.79. The van der Waals surface area contributed by atoms with Gasteiger partial charge >= 0.3 is 6.18 Å². The molecule has 0 aliphatic carbocycles. The Morgan fingerprint density at radius 2 is 1.82 bits per heavy atom. The molecule has 0 aromatic heterocycles. The number of hydrazine groups is 1. The lowest BCUT2D eigenvalue weighted by Crippen LogP contribution is -2.37. The first-order valence-corrected chi connectivity index (χ1v) is 8.79. The molecule has 0 bridgehead atoms. The second-order valence-electron chi connectivity index (χ2n) is 6.82. The maximum absolute atomic E-state index is 13.0. The summed E-state index contributed by atoms with van der Waals surface area (Å²) in [6, 6.07) is 12.6. The highest BCUT2D eigenvalue weighted by molar-refractivity contribution is 5.89. The van der Waals surface area contributed by atoms with E-state index in [1.807, 2.05) is 31.2 Å². The van der Waals surface area contributed by atoms with E-state index in [0.29, 0.717) is 6.54 Å². The van der Waals surface area contributed by atoms with Crippen molar-refractivity contribution in [3.8, 4) is 0 Å². The van der Waals surface area contributed by atoms with Crippen LogP contribution < -0.4 is 10.9 Å². The Bertz CT molecular complexity index is 866. The molecule has 0 radical (unpaired) electrons. The normalized spacial score (nSPS) is 16.9. The zero-order valence-corrected chi connectivity index (χ0v) is 15.2. The van der Waals surface area contributed by atoms with E-state index < -0.39 is 23.6 Å². The second kappa shape index (κ2) is 7.92. The Morgan fingerprint density at radius 3 is 2.50 bits per heavy atom. The molecule has 5 nitrogen and oxygen atoms in total. The van der Waals surface area contributed by atoms with Gasteiger partial charge in [-0.2, -0.15) is 13.2 Å². The van der Waals surface area contributed by atoms with Gasteiger partial charge in [0.1, 0.15) is 0 Å². The minimum Gasteiger partial charge on any atom is -0.338 e. The maximum atomic E-state index is 13.0. The Hall–Kier alpha value is -3.03. The van der Waals surface area contributed by atoms with Crippen LogP contribution in [0, 0.1) is 12.8 Å². The van der Waals surface area contributed by atoms with Crippen LogP contribution in [0.3, 0.4) is 0 Å². The average molecular weight is 391 g/mol. The molecular weight excluding hydrogens is 371 g/mol. The van der Waals surface area contributed by atoms with E-state index in [1.165, 1.54) is 18.2 Å². The Kier molecular flexibility index (Phi) is 5.58. The van der Waals surface area contributed by atoms with Gasteiger partial charge in [-0.3, -0.25) is 20.4 Å². The highest BCUT2D eigenvalue weighted by Gasteiger charge is 2.35. The van der Waals surface area contributed by atoms with E-state index in [-0.39, 0.29) is 24.6 Å². The number of hydrogen-bond donors (Lipinski definition) is 2. The number of anilines is 1. The molecule has 8 heteroatoms. The molecule has 0 saturated carbocycles. The molecule has 3 rings (SSSR count). The largest absolute Gasteiger partial charge is 0.418 e. The molecule has 2 amide bonds. The summed E-state index contributed by atoms with van der Waals surface area (Å²) in [4.78, 5) is 26.1. The van der Waals surface area contributed by atoms with Crippen molar-refractivity contribution in [2.75, 3.05) is 12.0 Å². The van der Waals surface area contributed by atoms with Gasteiger partial charge in [-0.25, -0.2) is 0 Å². The fourth-order valence-corrected chi connectivity index (χ4v) is 3.08. The lowest BCUT2D eigenvalue weighted by molar-refractivity contribution is -0.137. The van der Waals surface area contributed by atoms with Gasteiger partial charge in [0.2, 0.25) is 11.8 Å². The third-order valence-electron chi connectivity index (χ3n) is 4.63. The number of likely N-dealkylation sites (tertiary alicyclic amines) is 1. The Labute approximate surface area is 160 Å². The summed E-state index contributed by atoms with van der Waals surface area (Å²) in [5, 5.41) is 0. The number of aryl methyl sites for hydroxylation is 1. The van der Waals surface area contributed by atoms with Crippen molar-refractivity contribution in [2.24, 2.45) is 5.92 Å². The molecule has 1 aliphatic rings. The van der Waals surface area contributed by atoms with Crippen LogP contribution in [0.2, 0.25) is 0 Å². The fourth-order valence-electron chi connectivity index (χ4n) is 3.08. The van der Waals surface area contributed by atoms with Crippen LogP contribution in [0.1, 0.15) is 23.1 Å². The molecule has 0 unspecified atom stereocenters. The van der Waals surface area contributed by atoms with Crippen molar-refractivity contribution >= 4 is 17.5 Å². The van der Waals surface area contributed by atoms with Crippen molar-refractivity contribution in [1.82, 2.24) is 10.3 Å². The van der Waals surface area contributed by atoms with Gasteiger partial charge in [0.15, 0.2) is 0 Å². The van der Waals surface area contributed by atoms with E-state index in [2.05, 4.69) is 10.9 Å². The number of hydrogen-bond acceptors (Lipinski definition) is 3. The molecule has 1 atom stereocenters. The Balaban J connectivity index is 1.59. The summed E-state index contributed by atoms with van der Waals surface area (Å²) < 4.78 is 39.0. The van der Waals surface area contributed by atoms with E-state index in [9.17, 15) is 22.8 Å². The van der Waals surface area contributed by atoms with Crippen LogP contribution >= 0.6 is 0 Å². The van der Waals surface area contributed by atoms with E-state index >= 15 is 0 Å². The third kappa shape index (κ3) is 4.62. The van der Waals surface area contributed by atoms with Crippen molar-refractivity contribution in [3.05, 3.63) is 65.2 Å². The summed E-state index contributed by atoms with van der Waals surface area (Å²) in [5.74, 6) is -1.29. The molecule has 148 valence electrons. The molecule has 2 aromatic carbocycles. The van der Waals surface area contributed by atoms with Gasteiger partial charge < -0.3 is 4.90 Å². The molecule has 2 N–H and O–H groups in total. The van der Waals surface area contributed by atoms with Crippen molar-refractivity contribution < 1.29 is 22.8 Å². The zero-order chi connectivity index (χ0) is 20.3. The van der Waals surface area contributed by atoms with E-state index in [4.69, 9.17) is 0 Å². The maximum Gasteiger partial charge on any atom is 0.418 e. The van der Waals surface area contributed by atoms with Gasteiger partial charge in [-0.1, -0.05) is 42.0 Å². The lowest BCUT2D eigenvalue weighted by atomic mass is 10.1. The number of carbonyl (C=O) groups is 2. The van der Waals surface area contributed by atoms with Crippen LogP contribution in [-0.2, 0) is 22.3 Å². The molecule has 0 spiro atoms. The van der Waals surface area contributed by atoms with Crippen LogP contribution in [-0.4, -0.2) is 23.3 Å². The molecule has 2 aromatic rings. The zero-order valence-electron chi connectivity index (χ0n) is 15.2. The minimum atomic E-state index is -4.54. The average Bonchev–Trinajstić information content (AvgIpc) is 3.02. The number of alkyl halides is 3. The lowest BCUT2D eigenvalue weighted by Gasteiger charge is -2.18. The number of para-hydroxylation sites is 1. The van der Waals surface area contributed by atoms with Gasteiger partial charge in [-0.05, 0) is 24.6 Å².